The molecule has 6 rings (SSSR count). The van der Waals surface area contributed by atoms with Gasteiger partial charge >= 0.3 is 0 Å². The van der Waals surface area contributed by atoms with Gasteiger partial charge in [0.15, 0.2) is 0 Å². The summed E-state index contributed by atoms with van der Waals surface area (Å²) in [4.78, 5) is 13.1. The third-order valence-corrected chi connectivity index (χ3v) is 7.12. The number of para-hydroxylation sites is 2. The number of nitrogens with zero attached hydrogens (tertiary/aromatic N) is 5. The molecule has 0 radical (unpaired) electrons. The Hall–Kier alpha value is -2.26. The Bertz CT molecular complexity index is 1030. The number of hydrogen-bond donors (Lipinski definition) is 2. The number of fused-ring (bicyclic) bond motifs is 2. The van der Waals surface area contributed by atoms with Gasteiger partial charge in [-0.1, -0.05) is 12.1 Å². The Kier molecular flexibility index (Phi) is 4.24. The summed E-state index contributed by atoms with van der Waals surface area (Å²) in [6, 6.07) is 8.16. The van der Waals surface area contributed by atoms with E-state index < -0.39 is 0 Å². The highest BCUT2D eigenvalue weighted by atomic mass is 16.5. The molecule has 0 unspecified atom stereocenters. The molecular weight excluding hydrogens is 380 g/mol. The predicted octanol–water partition coefficient (Wildman–Crippen LogP) is 0.990. The van der Waals surface area contributed by atoms with Crippen LogP contribution in [0, 0.1) is 11.8 Å². The molecule has 0 aliphatic carbocycles. The highest BCUT2D eigenvalue weighted by Crippen LogP contribution is 2.49. The predicted molar refractivity (Wildman–Crippen MR) is 112 cm³/mol. The molecule has 158 valence electrons. The van der Waals surface area contributed by atoms with Crippen molar-refractivity contribution in [3.8, 4) is 0 Å². The van der Waals surface area contributed by atoms with Crippen molar-refractivity contribution in [3.05, 3.63) is 48.0 Å². The average molecular weight is 409 g/mol. The molecular formula is C22H28N6O2. The maximum atomic E-state index is 10.2. The van der Waals surface area contributed by atoms with Gasteiger partial charge in [0, 0.05) is 70.0 Å². The first-order valence-electron chi connectivity index (χ1n) is 10.8. The number of rotatable bonds is 5. The van der Waals surface area contributed by atoms with E-state index in [1.807, 2.05) is 36.1 Å². The van der Waals surface area contributed by atoms with Crippen molar-refractivity contribution in [1.82, 2.24) is 29.5 Å². The topological polar surface area (TPSA) is 82.4 Å². The fourth-order valence-corrected chi connectivity index (χ4v) is 5.97. The van der Waals surface area contributed by atoms with E-state index in [1.165, 1.54) is 5.56 Å². The minimum atomic E-state index is -0.204. The van der Waals surface area contributed by atoms with E-state index in [1.54, 1.807) is 0 Å². The number of ether oxygens (including phenoxy) is 1. The molecule has 2 N–H and O–H groups in total. The van der Waals surface area contributed by atoms with Crippen LogP contribution in [-0.2, 0) is 24.9 Å². The average Bonchev–Trinajstić information content (AvgIpc) is 3.43. The number of aliphatic hydroxyl groups excluding tert-OH is 1. The number of nitrogens with one attached hydrogen (secondary N) is 1. The van der Waals surface area contributed by atoms with Crippen LogP contribution < -0.4 is 0 Å². The van der Waals surface area contributed by atoms with Crippen molar-refractivity contribution in [3.63, 3.8) is 0 Å². The number of aromatic nitrogens is 4. The largest absolute Gasteiger partial charge is 0.396 e. The van der Waals surface area contributed by atoms with E-state index in [9.17, 15) is 5.11 Å². The zero-order chi connectivity index (χ0) is 20.3. The normalized spacial score (nSPS) is 31.6. The molecule has 8 nitrogen and oxygen atoms in total. The molecule has 4 atom stereocenters. The van der Waals surface area contributed by atoms with Crippen molar-refractivity contribution in [2.45, 2.75) is 24.8 Å². The first-order chi connectivity index (χ1) is 14.6. The number of likely N-dealkylation sites (tertiary alicyclic amines) is 2. The van der Waals surface area contributed by atoms with E-state index in [0.29, 0.717) is 5.92 Å². The Morgan fingerprint density at radius 1 is 1.20 bits per heavy atom. The second-order valence-corrected chi connectivity index (χ2v) is 9.24. The van der Waals surface area contributed by atoms with Crippen LogP contribution >= 0.6 is 0 Å². The van der Waals surface area contributed by atoms with Crippen LogP contribution in [0.25, 0.3) is 11.0 Å². The molecule has 1 spiro atoms. The molecule has 3 saturated heterocycles. The Labute approximate surface area is 175 Å². The molecule has 1 aromatic carbocycles. The molecule has 30 heavy (non-hydrogen) atoms. The van der Waals surface area contributed by atoms with E-state index in [2.05, 4.69) is 32.1 Å². The van der Waals surface area contributed by atoms with Crippen LogP contribution in [0.1, 0.15) is 11.4 Å². The second-order valence-electron chi connectivity index (χ2n) is 9.24. The van der Waals surface area contributed by atoms with E-state index >= 15 is 0 Å². The highest BCUT2D eigenvalue weighted by Gasteiger charge is 2.62. The highest BCUT2D eigenvalue weighted by molar-refractivity contribution is 5.74. The third kappa shape index (κ3) is 2.98. The summed E-state index contributed by atoms with van der Waals surface area (Å²) in [5.74, 6) is 1.55. The van der Waals surface area contributed by atoms with Gasteiger partial charge in [0.25, 0.3) is 0 Å². The van der Waals surface area contributed by atoms with Crippen molar-refractivity contribution in [2.75, 3.05) is 32.8 Å². The Morgan fingerprint density at radius 3 is 2.80 bits per heavy atom. The first-order valence-corrected chi connectivity index (χ1v) is 10.8. The quantitative estimate of drug-likeness (QED) is 0.655. The van der Waals surface area contributed by atoms with Crippen LogP contribution in [0.4, 0.5) is 0 Å². The standard InChI is InChI=1S/C22H28N6O2/c1-26-7-15(6-23-26)8-27-10-20-16(12-29)17-9-28(14-22(17,13-27)30-20)11-21-24-18-4-2-3-5-19(18)25-21/h2-7,16-17,20,29H,8-14H2,1H3,(H,24,25)/t16-,17+,20+,22+/m0/s1. The fourth-order valence-electron chi connectivity index (χ4n) is 5.97. The summed E-state index contributed by atoms with van der Waals surface area (Å²) in [5.41, 5.74) is 3.11. The molecule has 0 saturated carbocycles. The molecule has 8 heteroatoms. The maximum Gasteiger partial charge on any atom is 0.121 e. The van der Waals surface area contributed by atoms with Crippen molar-refractivity contribution in [2.24, 2.45) is 18.9 Å². The number of morpholine rings is 1. The lowest BCUT2D eigenvalue weighted by atomic mass is 9.83. The molecule has 2 aromatic heterocycles. The summed E-state index contributed by atoms with van der Waals surface area (Å²) in [6.45, 7) is 5.45. The number of benzene rings is 1. The van der Waals surface area contributed by atoms with Crippen molar-refractivity contribution in [1.29, 1.82) is 0 Å². The lowest BCUT2D eigenvalue weighted by Gasteiger charge is -2.40. The van der Waals surface area contributed by atoms with Crippen LogP contribution in [0.3, 0.4) is 0 Å². The van der Waals surface area contributed by atoms with E-state index in [0.717, 1.165) is 56.1 Å². The lowest BCUT2D eigenvalue weighted by Crippen LogP contribution is -2.53. The van der Waals surface area contributed by atoms with Crippen molar-refractivity contribution >= 4 is 11.0 Å². The molecule has 3 fully saturated rings. The fraction of sp³-hybridized carbons (Fsp3) is 0.545. The van der Waals surface area contributed by atoms with Gasteiger partial charge in [-0.2, -0.15) is 5.10 Å². The van der Waals surface area contributed by atoms with Gasteiger partial charge < -0.3 is 14.8 Å². The summed E-state index contributed by atoms with van der Waals surface area (Å²) < 4.78 is 8.47. The number of aryl methyl sites for hydroxylation is 1. The number of H-pyrrole nitrogens is 1. The SMILES string of the molecule is Cn1cc(CN2C[C@H]3O[C@@]4(CN(Cc5nc6ccccc6[nH]5)C[C@@H]4[C@@H]3CO)C2)cn1. The number of hydrogen-bond acceptors (Lipinski definition) is 6. The minimum absolute atomic E-state index is 0.110. The first kappa shape index (κ1) is 18.5. The smallest absolute Gasteiger partial charge is 0.121 e. The molecule has 3 aliphatic heterocycles. The number of aliphatic hydroxyl groups is 1. The van der Waals surface area contributed by atoms with Crippen LogP contribution in [-0.4, -0.2) is 79.1 Å². The molecule has 3 aromatic rings. The summed E-state index contributed by atoms with van der Waals surface area (Å²) in [7, 11) is 1.95. The summed E-state index contributed by atoms with van der Waals surface area (Å²) in [5, 5.41) is 14.5. The van der Waals surface area contributed by atoms with Gasteiger partial charge in [-0.15, -0.1) is 0 Å². The zero-order valence-electron chi connectivity index (χ0n) is 17.2. The molecule has 5 heterocycles. The number of aromatic amines is 1. The number of imidazole rings is 1. The summed E-state index contributed by atoms with van der Waals surface area (Å²) in [6.07, 6.45) is 4.13. The molecule has 2 bridgehead atoms. The second kappa shape index (κ2) is 6.88. The van der Waals surface area contributed by atoms with Crippen LogP contribution in [0.15, 0.2) is 36.7 Å². The Balaban J connectivity index is 1.21. The van der Waals surface area contributed by atoms with E-state index in [4.69, 9.17) is 9.72 Å². The van der Waals surface area contributed by atoms with Gasteiger partial charge in [-0.25, -0.2) is 4.98 Å². The summed E-state index contributed by atoms with van der Waals surface area (Å²) >= 11 is 0. The van der Waals surface area contributed by atoms with Gasteiger partial charge in [0.1, 0.15) is 5.82 Å². The maximum absolute atomic E-state index is 10.2. The van der Waals surface area contributed by atoms with Crippen LogP contribution in [0.2, 0.25) is 0 Å². The Morgan fingerprint density at radius 2 is 2.03 bits per heavy atom. The van der Waals surface area contributed by atoms with Crippen molar-refractivity contribution < 1.29 is 9.84 Å². The van der Waals surface area contributed by atoms with Gasteiger partial charge in [-0.3, -0.25) is 14.5 Å². The minimum Gasteiger partial charge on any atom is -0.396 e. The zero-order valence-corrected chi connectivity index (χ0v) is 17.2. The van der Waals surface area contributed by atoms with Crippen LogP contribution in [0.5, 0.6) is 0 Å². The van der Waals surface area contributed by atoms with Gasteiger partial charge in [-0.05, 0) is 12.1 Å². The van der Waals surface area contributed by atoms with E-state index in [-0.39, 0.29) is 24.2 Å². The van der Waals surface area contributed by atoms with Gasteiger partial charge in [0.05, 0.1) is 35.5 Å². The molecule has 3 aliphatic rings. The monoisotopic (exact) mass is 408 g/mol. The van der Waals surface area contributed by atoms with Gasteiger partial charge in [0.2, 0.25) is 0 Å². The third-order valence-electron chi connectivity index (χ3n) is 7.12. The lowest BCUT2D eigenvalue weighted by molar-refractivity contribution is -0.120. The molecule has 0 amide bonds.